The number of aromatic nitrogens is 2. The van der Waals surface area contributed by atoms with Gasteiger partial charge >= 0.3 is 0 Å². The van der Waals surface area contributed by atoms with E-state index < -0.39 is 5.91 Å². The summed E-state index contributed by atoms with van der Waals surface area (Å²) in [5.74, 6) is 0.0487. The number of likely N-dealkylation sites (tertiary alicyclic amines) is 1. The number of nitrogens with one attached hydrogen (secondary N) is 2. The van der Waals surface area contributed by atoms with Crippen LogP contribution in [0.1, 0.15) is 55.4 Å². The van der Waals surface area contributed by atoms with E-state index in [9.17, 15) is 14.4 Å². The number of anilines is 1. The maximum absolute atomic E-state index is 12.3. The maximum atomic E-state index is 12.3. The first kappa shape index (κ1) is 18.4. The molecule has 0 unspecified atom stereocenters. The molecule has 26 heavy (non-hydrogen) atoms. The summed E-state index contributed by atoms with van der Waals surface area (Å²) in [5.41, 5.74) is 0.195. The van der Waals surface area contributed by atoms with Crippen LogP contribution in [0, 0.1) is 5.92 Å². The topological polar surface area (TPSA) is 96.3 Å². The zero-order valence-corrected chi connectivity index (χ0v) is 15.3. The first-order valence-electron chi connectivity index (χ1n) is 9.45. The van der Waals surface area contributed by atoms with Gasteiger partial charge in [0.05, 0.1) is 6.54 Å². The fourth-order valence-electron chi connectivity index (χ4n) is 3.61. The molecule has 2 aliphatic rings. The highest BCUT2D eigenvalue weighted by molar-refractivity contribution is 5.97. The number of amides is 3. The van der Waals surface area contributed by atoms with Crippen molar-refractivity contribution in [1.82, 2.24) is 20.0 Å². The predicted octanol–water partition coefficient (Wildman–Crippen LogP) is 1.29. The zero-order chi connectivity index (χ0) is 18.5. The molecule has 1 aromatic heterocycles. The number of carbonyl (C=O) groups is 3. The fraction of sp³-hybridized carbons (Fsp3) is 0.667. The third kappa shape index (κ3) is 4.42. The summed E-state index contributed by atoms with van der Waals surface area (Å²) in [4.78, 5) is 38.4. The van der Waals surface area contributed by atoms with E-state index in [0.29, 0.717) is 5.82 Å². The van der Waals surface area contributed by atoms with Crippen LogP contribution in [0.4, 0.5) is 5.82 Å². The number of hydrogen-bond acceptors (Lipinski definition) is 4. The Kier molecular flexibility index (Phi) is 5.90. The summed E-state index contributed by atoms with van der Waals surface area (Å²) in [6.45, 7) is 1.49. The Morgan fingerprint density at radius 2 is 1.81 bits per heavy atom. The highest BCUT2D eigenvalue weighted by Gasteiger charge is 2.24. The second kappa shape index (κ2) is 8.33. The standard InChI is InChI=1S/C18H27N5O3/c1-22-15(20-17(25)13-7-3-4-8-13)11-14(21-22)18(26)19-12-16(24)23-9-5-2-6-10-23/h11,13H,2-10,12H2,1H3,(H,19,26)(H,20,25). The summed E-state index contributed by atoms with van der Waals surface area (Å²) in [6.07, 6.45) is 7.18. The number of carbonyl (C=O) groups excluding carboxylic acids is 3. The molecule has 0 atom stereocenters. The Hall–Kier alpha value is -2.38. The van der Waals surface area contributed by atoms with Crippen LogP contribution < -0.4 is 10.6 Å². The molecule has 8 nitrogen and oxygen atoms in total. The van der Waals surface area contributed by atoms with Gasteiger partial charge in [0.25, 0.3) is 5.91 Å². The third-order valence-electron chi connectivity index (χ3n) is 5.20. The van der Waals surface area contributed by atoms with Crippen molar-refractivity contribution in [2.45, 2.75) is 44.9 Å². The molecule has 142 valence electrons. The van der Waals surface area contributed by atoms with E-state index in [1.165, 1.54) is 4.68 Å². The van der Waals surface area contributed by atoms with Gasteiger partial charge < -0.3 is 15.5 Å². The summed E-state index contributed by atoms with van der Waals surface area (Å²) in [5, 5.41) is 9.62. The molecular formula is C18H27N5O3. The van der Waals surface area contributed by atoms with Crippen LogP contribution in [0.5, 0.6) is 0 Å². The monoisotopic (exact) mass is 361 g/mol. The molecular weight excluding hydrogens is 334 g/mol. The summed E-state index contributed by atoms with van der Waals surface area (Å²) in [6, 6.07) is 1.55. The first-order valence-corrected chi connectivity index (χ1v) is 9.45. The number of hydrogen-bond donors (Lipinski definition) is 2. The van der Waals surface area contributed by atoms with Crippen molar-refractivity contribution in [3.05, 3.63) is 11.8 Å². The Bertz CT molecular complexity index is 672. The normalized spacial score (nSPS) is 18.0. The number of piperidine rings is 1. The van der Waals surface area contributed by atoms with E-state index in [0.717, 1.165) is 58.0 Å². The molecule has 3 rings (SSSR count). The number of rotatable bonds is 5. The molecule has 0 spiro atoms. The molecule has 1 aromatic rings. The Morgan fingerprint density at radius 1 is 1.12 bits per heavy atom. The van der Waals surface area contributed by atoms with Crippen molar-refractivity contribution in [2.75, 3.05) is 25.0 Å². The fourth-order valence-corrected chi connectivity index (χ4v) is 3.61. The summed E-state index contributed by atoms with van der Waals surface area (Å²) < 4.78 is 1.48. The Morgan fingerprint density at radius 3 is 2.50 bits per heavy atom. The highest BCUT2D eigenvalue weighted by Crippen LogP contribution is 2.26. The van der Waals surface area contributed by atoms with Crippen molar-refractivity contribution >= 4 is 23.5 Å². The van der Waals surface area contributed by atoms with Gasteiger partial charge in [-0.2, -0.15) is 5.10 Å². The van der Waals surface area contributed by atoms with Gasteiger partial charge in [0.15, 0.2) is 5.69 Å². The van der Waals surface area contributed by atoms with E-state index in [4.69, 9.17) is 0 Å². The average molecular weight is 361 g/mol. The number of nitrogens with zero attached hydrogens (tertiary/aromatic N) is 3. The van der Waals surface area contributed by atoms with Gasteiger partial charge in [-0.15, -0.1) is 0 Å². The number of aryl methyl sites for hydroxylation is 1. The maximum Gasteiger partial charge on any atom is 0.272 e. The predicted molar refractivity (Wildman–Crippen MR) is 96.6 cm³/mol. The molecule has 0 bridgehead atoms. The van der Waals surface area contributed by atoms with Gasteiger partial charge in [0.2, 0.25) is 11.8 Å². The second-order valence-electron chi connectivity index (χ2n) is 7.13. The van der Waals surface area contributed by atoms with Crippen LogP contribution in [-0.2, 0) is 16.6 Å². The van der Waals surface area contributed by atoms with E-state index in [-0.39, 0.29) is 30.0 Å². The van der Waals surface area contributed by atoms with Crippen LogP contribution in [0.2, 0.25) is 0 Å². The van der Waals surface area contributed by atoms with Gasteiger partial charge in [0.1, 0.15) is 5.82 Å². The van der Waals surface area contributed by atoms with E-state index in [2.05, 4.69) is 15.7 Å². The van der Waals surface area contributed by atoms with Crippen LogP contribution in [-0.4, -0.2) is 52.0 Å². The smallest absolute Gasteiger partial charge is 0.272 e. The molecule has 2 fully saturated rings. The first-order chi connectivity index (χ1) is 12.5. The van der Waals surface area contributed by atoms with Gasteiger partial charge in [0, 0.05) is 32.1 Å². The zero-order valence-electron chi connectivity index (χ0n) is 15.3. The van der Waals surface area contributed by atoms with Gasteiger partial charge in [-0.1, -0.05) is 12.8 Å². The van der Waals surface area contributed by atoms with E-state index >= 15 is 0 Å². The lowest BCUT2D eigenvalue weighted by Crippen LogP contribution is -2.42. The van der Waals surface area contributed by atoms with Crippen molar-refractivity contribution in [3.8, 4) is 0 Å². The largest absolute Gasteiger partial charge is 0.342 e. The van der Waals surface area contributed by atoms with Crippen LogP contribution >= 0.6 is 0 Å². The molecule has 1 saturated carbocycles. The third-order valence-corrected chi connectivity index (χ3v) is 5.20. The summed E-state index contributed by atoms with van der Waals surface area (Å²) >= 11 is 0. The average Bonchev–Trinajstić information content (AvgIpc) is 3.31. The van der Waals surface area contributed by atoms with Crippen LogP contribution in [0.25, 0.3) is 0 Å². The Labute approximate surface area is 153 Å². The van der Waals surface area contributed by atoms with Crippen molar-refractivity contribution in [1.29, 1.82) is 0 Å². The highest BCUT2D eigenvalue weighted by atomic mass is 16.2. The lowest BCUT2D eigenvalue weighted by atomic mass is 10.1. The van der Waals surface area contributed by atoms with Crippen molar-refractivity contribution in [2.24, 2.45) is 13.0 Å². The SMILES string of the molecule is Cn1nc(C(=O)NCC(=O)N2CCCCC2)cc1NC(=O)C1CCCC1. The minimum atomic E-state index is -0.410. The minimum absolute atomic E-state index is 0.0160. The molecule has 1 aliphatic carbocycles. The van der Waals surface area contributed by atoms with Crippen molar-refractivity contribution < 1.29 is 14.4 Å². The van der Waals surface area contributed by atoms with Crippen molar-refractivity contribution in [3.63, 3.8) is 0 Å². The molecule has 2 N–H and O–H groups in total. The second-order valence-corrected chi connectivity index (χ2v) is 7.13. The molecule has 8 heteroatoms. The molecule has 0 radical (unpaired) electrons. The molecule has 3 amide bonds. The lowest BCUT2D eigenvalue weighted by molar-refractivity contribution is -0.131. The van der Waals surface area contributed by atoms with Gasteiger partial charge in [-0.3, -0.25) is 19.1 Å². The molecule has 2 heterocycles. The van der Waals surface area contributed by atoms with Gasteiger partial charge in [-0.25, -0.2) is 0 Å². The minimum Gasteiger partial charge on any atom is -0.342 e. The molecule has 1 saturated heterocycles. The van der Waals surface area contributed by atoms with E-state index in [1.54, 1.807) is 18.0 Å². The summed E-state index contributed by atoms with van der Waals surface area (Å²) in [7, 11) is 1.68. The lowest BCUT2D eigenvalue weighted by Gasteiger charge is -2.26. The van der Waals surface area contributed by atoms with E-state index in [1.807, 2.05) is 0 Å². The quantitative estimate of drug-likeness (QED) is 0.826. The Balaban J connectivity index is 1.52. The molecule has 0 aromatic carbocycles. The molecule has 1 aliphatic heterocycles. The van der Waals surface area contributed by atoms with Gasteiger partial charge in [-0.05, 0) is 32.1 Å². The van der Waals surface area contributed by atoms with Crippen LogP contribution in [0.15, 0.2) is 6.07 Å². The van der Waals surface area contributed by atoms with Crippen LogP contribution in [0.3, 0.4) is 0 Å².